The summed E-state index contributed by atoms with van der Waals surface area (Å²) in [6.45, 7) is 0.366. The largest absolute Gasteiger partial charge is 0.454 e. The molecule has 0 unspecified atom stereocenters. The van der Waals surface area contributed by atoms with Crippen molar-refractivity contribution in [2.24, 2.45) is 5.84 Å². The molecule has 0 aromatic carbocycles. The Kier molecular flexibility index (Phi) is 2.80. The summed E-state index contributed by atoms with van der Waals surface area (Å²) in [5, 5.41) is 0. The van der Waals surface area contributed by atoms with Gasteiger partial charge >= 0.3 is 5.91 Å². The minimum Gasteiger partial charge on any atom is -0.454 e. The number of imidazole rings is 1. The second kappa shape index (κ2) is 4.63. The third-order valence-electron chi connectivity index (χ3n) is 2.77. The molecule has 0 bridgehead atoms. The summed E-state index contributed by atoms with van der Waals surface area (Å²) in [6.07, 6.45) is 2.95. The zero-order valence-corrected chi connectivity index (χ0v) is 10.3. The molecule has 0 fully saturated rings. The van der Waals surface area contributed by atoms with E-state index in [0.29, 0.717) is 29.3 Å². The molecule has 3 heterocycles. The number of hydrogen-bond acceptors (Lipinski definition) is 7. The molecule has 0 saturated heterocycles. The summed E-state index contributed by atoms with van der Waals surface area (Å²) < 4.78 is 7.12. The average molecular weight is 273 g/mol. The number of hydrazine groups is 1. The van der Waals surface area contributed by atoms with E-state index in [1.165, 1.54) is 6.33 Å². The van der Waals surface area contributed by atoms with Gasteiger partial charge in [0.15, 0.2) is 17.2 Å². The first kappa shape index (κ1) is 12.1. The van der Waals surface area contributed by atoms with Gasteiger partial charge < -0.3 is 14.7 Å². The number of amides is 1. The molecule has 0 atom stereocenters. The van der Waals surface area contributed by atoms with E-state index >= 15 is 0 Å². The zero-order valence-electron chi connectivity index (χ0n) is 10.3. The van der Waals surface area contributed by atoms with Crippen LogP contribution in [-0.2, 0) is 6.54 Å². The predicted octanol–water partition coefficient (Wildman–Crippen LogP) is -0.347. The fourth-order valence-electron chi connectivity index (χ4n) is 1.84. The maximum absolute atomic E-state index is 11.3. The van der Waals surface area contributed by atoms with Gasteiger partial charge in [-0.15, -0.1) is 0 Å². The molecule has 102 valence electrons. The molecule has 3 rings (SSSR count). The number of fused-ring (bicyclic) bond motifs is 1. The number of nitrogen functional groups attached to an aromatic ring is 2. The number of hydrogen-bond donors (Lipinski definition) is 3. The minimum absolute atomic E-state index is 0.140. The van der Waals surface area contributed by atoms with Crippen LogP contribution < -0.4 is 17.0 Å². The standard InChI is InChI=1S/C11H11N7O2/c12-9-8-10(15-4-14-9)18(5-16-8)3-6-1-2-7(20-6)11(19)17-13/h1-2,4-5H,3,13H2,(H,17,19)(H2,12,14,15). The first-order valence-electron chi connectivity index (χ1n) is 5.70. The lowest BCUT2D eigenvalue weighted by molar-refractivity contribution is 0.0924. The van der Waals surface area contributed by atoms with Gasteiger partial charge in [0, 0.05) is 0 Å². The molecule has 0 aliphatic rings. The fourth-order valence-corrected chi connectivity index (χ4v) is 1.84. The third kappa shape index (κ3) is 1.95. The molecule has 9 heteroatoms. The average Bonchev–Trinajstić information content (AvgIpc) is 3.07. The molecule has 20 heavy (non-hydrogen) atoms. The van der Waals surface area contributed by atoms with Crippen LogP contribution in [0.2, 0.25) is 0 Å². The Morgan fingerprint density at radius 1 is 1.35 bits per heavy atom. The lowest BCUT2D eigenvalue weighted by Crippen LogP contribution is -2.29. The molecule has 0 radical (unpaired) electrons. The van der Waals surface area contributed by atoms with Crippen LogP contribution in [0.5, 0.6) is 0 Å². The highest BCUT2D eigenvalue weighted by Gasteiger charge is 2.12. The van der Waals surface area contributed by atoms with Gasteiger partial charge in [-0.2, -0.15) is 0 Å². The monoisotopic (exact) mass is 273 g/mol. The quantitative estimate of drug-likeness (QED) is 0.337. The number of carbonyl (C=O) groups is 1. The van der Waals surface area contributed by atoms with Gasteiger partial charge in [-0.05, 0) is 12.1 Å². The second-order valence-electron chi connectivity index (χ2n) is 4.04. The van der Waals surface area contributed by atoms with Crippen LogP contribution in [0.1, 0.15) is 16.3 Å². The molecule has 5 N–H and O–H groups in total. The first-order chi connectivity index (χ1) is 9.69. The molecule has 9 nitrogen and oxygen atoms in total. The number of nitrogens with zero attached hydrogens (tertiary/aromatic N) is 4. The molecule has 0 saturated carbocycles. The summed E-state index contributed by atoms with van der Waals surface area (Å²) in [6, 6.07) is 3.22. The van der Waals surface area contributed by atoms with Crippen LogP contribution >= 0.6 is 0 Å². The van der Waals surface area contributed by atoms with Gasteiger partial charge in [0.1, 0.15) is 17.6 Å². The molecular weight excluding hydrogens is 262 g/mol. The molecule has 1 amide bonds. The van der Waals surface area contributed by atoms with E-state index in [-0.39, 0.29) is 5.76 Å². The predicted molar refractivity (Wildman–Crippen MR) is 69.2 cm³/mol. The van der Waals surface area contributed by atoms with Crippen molar-refractivity contribution >= 4 is 22.9 Å². The number of carbonyl (C=O) groups excluding carboxylic acids is 1. The van der Waals surface area contributed by atoms with E-state index in [2.05, 4.69) is 15.0 Å². The van der Waals surface area contributed by atoms with Gasteiger partial charge in [-0.1, -0.05) is 0 Å². The summed E-state index contributed by atoms with van der Waals surface area (Å²) in [4.78, 5) is 23.4. The van der Waals surface area contributed by atoms with Crippen molar-refractivity contribution in [2.75, 3.05) is 5.73 Å². The summed E-state index contributed by atoms with van der Waals surface area (Å²) in [5.41, 5.74) is 8.83. The van der Waals surface area contributed by atoms with E-state index < -0.39 is 5.91 Å². The van der Waals surface area contributed by atoms with Gasteiger partial charge in [0.25, 0.3) is 0 Å². The molecule has 0 spiro atoms. The van der Waals surface area contributed by atoms with Crippen molar-refractivity contribution < 1.29 is 9.21 Å². The lowest BCUT2D eigenvalue weighted by Gasteiger charge is -2.01. The molecule has 0 aliphatic heterocycles. The van der Waals surface area contributed by atoms with E-state index in [0.717, 1.165) is 0 Å². The fraction of sp³-hybridized carbons (Fsp3) is 0.0909. The Morgan fingerprint density at radius 2 is 2.20 bits per heavy atom. The number of anilines is 1. The molecular formula is C11H11N7O2. The van der Waals surface area contributed by atoms with E-state index in [1.54, 1.807) is 23.0 Å². The Hall–Kier alpha value is -2.94. The minimum atomic E-state index is -0.488. The van der Waals surface area contributed by atoms with Crippen molar-refractivity contribution in [2.45, 2.75) is 6.54 Å². The van der Waals surface area contributed by atoms with Crippen molar-refractivity contribution in [3.05, 3.63) is 36.3 Å². The van der Waals surface area contributed by atoms with E-state index in [9.17, 15) is 4.79 Å². The SMILES string of the molecule is NNC(=O)c1ccc(Cn2cnc3c(N)ncnc32)o1. The summed E-state index contributed by atoms with van der Waals surface area (Å²) in [5.74, 6) is 5.57. The van der Waals surface area contributed by atoms with Crippen LogP contribution in [0.4, 0.5) is 5.82 Å². The van der Waals surface area contributed by atoms with Crippen LogP contribution in [-0.4, -0.2) is 25.4 Å². The van der Waals surface area contributed by atoms with Crippen molar-refractivity contribution in [3.8, 4) is 0 Å². The summed E-state index contributed by atoms with van der Waals surface area (Å²) in [7, 11) is 0. The van der Waals surface area contributed by atoms with Crippen molar-refractivity contribution in [1.82, 2.24) is 24.9 Å². The highest BCUT2D eigenvalue weighted by Crippen LogP contribution is 2.16. The first-order valence-corrected chi connectivity index (χ1v) is 5.70. The topological polar surface area (TPSA) is 138 Å². The smallest absolute Gasteiger partial charge is 0.300 e. The van der Waals surface area contributed by atoms with Gasteiger partial charge in [0.2, 0.25) is 0 Å². The maximum atomic E-state index is 11.3. The van der Waals surface area contributed by atoms with Crippen LogP contribution in [0.25, 0.3) is 11.2 Å². The third-order valence-corrected chi connectivity index (χ3v) is 2.77. The molecule has 3 aromatic rings. The molecule has 3 aromatic heterocycles. The Labute approximate surface area is 112 Å². The maximum Gasteiger partial charge on any atom is 0.300 e. The zero-order chi connectivity index (χ0) is 14.1. The highest BCUT2D eigenvalue weighted by atomic mass is 16.4. The Balaban J connectivity index is 1.92. The van der Waals surface area contributed by atoms with Crippen LogP contribution in [0.3, 0.4) is 0 Å². The normalized spacial score (nSPS) is 10.8. The highest BCUT2D eigenvalue weighted by molar-refractivity contribution is 5.90. The number of rotatable bonds is 3. The van der Waals surface area contributed by atoms with Crippen LogP contribution in [0, 0.1) is 0 Å². The van der Waals surface area contributed by atoms with Crippen molar-refractivity contribution in [1.29, 1.82) is 0 Å². The summed E-state index contributed by atoms with van der Waals surface area (Å²) >= 11 is 0. The Bertz CT molecular complexity index is 776. The van der Waals surface area contributed by atoms with E-state index in [4.69, 9.17) is 16.0 Å². The van der Waals surface area contributed by atoms with E-state index in [1.807, 2.05) is 5.43 Å². The Morgan fingerprint density at radius 3 is 3.00 bits per heavy atom. The molecule has 0 aliphatic carbocycles. The van der Waals surface area contributed by atoms with Gasteiger partial charge in [0.05, 0.1) is 12.9 Å². The number of aromatic nitrogens is 4. The second-order valence-corrected chi connectivity index (χ2v) is 4.04. The lowest BCUT2D eigenvalue weighted by atomic mass is 10.4. The number of furan rings is 1. The van der Waals surface area contributed by atoms with Crippen molar-refractivity contribution in [3.63, 3.8) is 0 Å². The van der Waals surface area contributed by atoms with Crippen LogP contribution in [0.15, 0.2) is 29.2 Å². The number of nitrogens with one attached hydrogen (secondary N) is 1. The van der Waals surface area contributed by atoms with Gasteiger partial charge in [-0.25, -0.2) is 20.8 Å². The number of nitrogens with two attached hydrogens (primary N) is 2. The van der Waals surface area contributed by atoms with Gasteiger partial charge in [-0.3, -0.25) is 10.2 Å².